The monoisotopic (exact) mass is 508 g/mol. The number of likely N-dealkylation sites (tertiary alicyclic amines) is 1. The minimum atomic E-state index is -4.48. The summed E-state index contributed by atoms with van der Waals surface area (Å²) in [4.78, 5) is 6.41. The van der Waals surface area contributed by atoms with Gasteiger partial charge in [0.25, 0.3) is 0 Å². The third-order valence-electron chi connectivity index (χ3n) is 8.74. The van der Waals surface area contributed by atoms with Crippen molar-refractivity contribution >= 4 is 9.84 Å². The molecule has 2 unspecified atom stereocenters. The molecule has 0 aromatic carbocycles. The molecule has 0 amide bonds. The van der Waals surface area contributed by atoms with Crippen molar-refractivity contribution < 1.29 is 21.6 Å². The molecule has 4 heterocycles. The van der Waals surface area contributed by atoms with Gasteiger partial charge in [-0.2, -0.15) is 18.3 Å². The summed E-state index contributed by atoms with van der Waals surface area (Å²) in [6.07, 6.45) is -0.269. The van der Waals surface area contributed by atoms with Gasteiger partial charge < -0.3 is 4.90 Å². The van der Waals surface area contributed by atoms with E-state index in [2.05, 4.69) is 15.0 Å². The summed E-state index contributed by atoms with van der Waals surface area (Å²) in [6, 6.07) is 6.57. The van der Waals surface area contributed by atoms with Gasteiger partial charge in [-0.05, 0) is 82.7 Å². The van der Waals surface area contributed by atoms with E-state index in [0.717, 1.165) is 50.5 Å². The Morgan fingerprint density at radius 3 is 2.29 bits per heavy atom. The summed E-state index contributed by atoms with van der Waals surface area (Å²) in [5, 5.41) is 4.67. The van der Waals surface area contributed by atoms with Crippen LogP contribution >= 0.6 is 0 Å². The second-order valence-electron chi connectivity index (χ2n) is 11.4. The number of aromatic nitrogens is 3. The molecular weight excluding hydrogens is 477 g/mol. The van der Waals surface area contributed by atoms with Crippen molar-refractivity contribution in [1.29, 1.82) is 0 Å². The van der Waals surface area contributed by atoms with Crippen molar-refractivity contribution in [2.45, 2.75) is 63.7 Å². The number of halogens is 3. The van der Waals surface area contributed by atoms with Crippen LogP contribution in [0.3, 0.4) is 0 Å². The van der Waals surface area contributed by atoms with Crippen molar-refractivity contribution in [3.8, 4) is 11.4 Å². The Morgan fingerprint density at radius 1 is 1.06 bits per heavy atom. The maximum absolute atomic E-state index is 13.2. The maximum atomic E-state index is 13.2. The van der Waals surface area contributed by atoms with E-state index in [4.69, 9.17) is 0 Å². The Labute approximate surface area is 203 Å². The lowest BCUT2D eigenvalue weighted by molar-refractivity contribution is -0.141. The van der Waals surface area contributed by atoms with E-state index in [9.17, 15) is 21.6 Å². The highest BCUT2D eigenvalue weighted by Crippen LogP contribution is 2.64. The zero-order valence-corrected chi connectivity index (χ0v) is 20.8. The number of piperidine rings is 1. The Hall–Kier alpha value is -1.94. The summed E-state index contributed by atoms with van der Waals surface area (Å²) in [6.45, 7) is 6.06. The van der Waals surface area contributed by atoms with Crippen molar-refractivity contribution in [1.82, 2.24) is 19.7 Å². The second-order valence-corrected chi connectivity index (χ2v) is 13.5. The Balaban J connectivity index is 1.14. The molecule has 10 heteroatoms. The van der Waals surface area contributed by atoms with Crippen molar-refractivity contribution in [3.05, 3.63) is 35.7 Å². The maximum Gasteiger partial charge on any atom is 0.433 e. The van der Waals surface area contributed by atoms with Gasteiger partial charge in [0, 0.05) is 29.1 Å². The van der Waals surface area contributed by atoms with Gasteiger partial charge >= 0.3 is 6.18 Å². The van der Waals surface area contributed by atoms with Crippen LogP contribution in [0.15, 0.2) is 24.3 Å². The molecule has 6 rings (SSSR count). The molecule has 2 aliphatic heterocycles. The van der Waals surface area contributed by atoms with E-state index >= 15 is 0 Å². The van der Waals surface area contributed by atoms with Crippen LogP contribution in [0.2, 0.25) is 0 Å². The highest BCUT2D eigenvalue weighted by atomic mass is 32.2. The standard InChI is InChI=1S/C25H31F3N4O2S/c1-15(2)32-21(12-20(30-32)19-4-3-5-22(29-19)25(26,27)28)23-17-10-16(11-18(17)23)31-8-6-24(7-9-31)13-35(33,34)14-24/h3-5,12,15-18,23H,6-11,13-14H2,1-2H3/t16?,17-,18+,23?. The third-order valence-corrected chi connectivity index (χ3v) is 10.8. The van der Waals surface area contributed by atoms with E-state index < -0.39 is 21.7 Å². The van der Waals surface area contributed by atoms with E-state index in [-0.39, 0.29) is 17.2 Å². The summed E-state index contributed by atoms with van der Waals surface area (Å²) in [7, 11) is -2.79. The number of hydrogen-bond acceptors (Lipinski definition) is 5. The molecule has 4 fully saturated rings. The molecule has 190 valence electrons. The molecule has 2 aromatic heterocycles. The first-order chi connectivity index (χ1) is 16.4. The predicted molar refractivity (Wildman–Crippen MR) is 125 cm³/mol. The zero-order chi connectivity index (χ0) is 24.8. The highest BCUT2D eigenvalue weighted by Gasteiger charge is 2.59. The van der Waals surface area contributed by atoms with Crippen LogP contribution in [-0.4, -0.2) is 58.7 Å². The van der Waals surface area contributed by atoms with Crippen molar-refractivity contribution in [2.75, 3.05) is 24.6 Å². The molecular formula is C25H31F3N4O2S. The van der Waals surface area contributed by atoms with Crippen LogP contribution in [0.5, 0.6) is 0 Å². The van der Waals surface area contributed by atoms with Crippen LogP contribution in [0.25, 0.3) is 11.4 Å². The van der Waals surface area contributed by atoms with Crippen LogP contribution in [-0.2, 0) is 16.0 Å². The van der Waals surface area contributed by atoms with Crippen LogP contribution in [0, 0.1) is 17.3 Å². The minimum Gasteiger partial charge on any atom is -0.300 e. The number of alkyl halides is 3. The summed E-state index contributed by atoms with van der Waals surface area (Å²) in [5.74, 6) is 2.30. The molecule has 2 saturated carbocycles. The summed E-state index contributed by atoms with van der Waals surface area (Å²) in [5.41, 5.74) is 1.00. The molecule has 4 aliphatic rings. The molecule has 2 aromatic rings. The normalized spacial score (nSPS) is 31.5. The SMILES string of the molecule is CC(C)n1nc(-c2cccc(C(F)(F)F)n2)cc1C1[C@H]2CC(N3CCC4(CC3)CS(=O)(=O)C4)C[C@@H]12. The van der Waals surface area contributed by atoms with Gasteiger partial charge in [0.05, 0.1) is 17.2 Å². The van der Waals surface area contributed by atoms with E-state index in [1.165, 1.54) is 6.07 Å². The predicted octanol–water partition coefficient (Wildman–Crippen LogP) is 4.55. The quantitative estimate of drug-likeness (QED) is 0.606. The smallest absolute Gasteiger partial charge is 0.300 e. The molecule has 35 heavy (non-hydrogen) atoms. The molecule has 0 N–H and O–H groups in total. The Morgan fingerprint density at radius 2 is 1.71 bits per heavy atom. The van der Waals surface area contributed by atoms with Crippen LogP contribution < -0.4 is 0 Å². The first-order valence-corrected chi connectivity index (χ1v) is 14.4. The topological polar surface area (TPSA) is 68.1 Å². The average Bonchev–Trinajstić information content (AvgIpc) is 3.13. The lowest BCUT2D eigenvalue weighted by Gasteiger charge is -2.48. The van der Waals surface area contributed by atoms with Gasteiger partial charge in [-0.1, -0.05) is 6.07 Å². The van der Waals surface area contributed by atoms with Crippen molar-refractivity contribution in [3.63, 3.8) is 0 Å². The number of fused-ring (bicyclic) bond motifs is 1. The number of sulfone groups is 1. The first-order valence-electron chi connectivity index (χ1n) is 12.5. The zero-order valence-electron chi connectivity index (χ0n) is 20.0. The van der Waals surface area contributed by atoms with Crippen molar-refractivity contribution in [2.24, 2.45) is 17.3 Å². The van der Waals surface area contributed by atoms with E-state index in [0.29, 0.717) is 41.0 Å². The fourth-order valence-corrected chi connectivity index (χ4v) is 9.38. The van der Waals surface area contributed by atoms with Gasteiger partial charge in [0.15, 0.2) is 9.84 Å². The number of rotatable bonds is 4. The Kier molecular flexibility index (Phi) is 5.21. The van der Waals surface area contributed by atoms with Gasteiger partial charge in [0.1, 0.15) is 11.4 Å². The van der Waals surface area contributed by atoms with Gasteiger partial charge in [-0.15, -0.1) is 0 Å². The molecule has 4 atom stereocenters. The number of pyridine rings is 1. The largest absolute Gasteiger partial charge is 0.433 e. The second kappa shape index (κ2) is 7.78. The van der Waals surface area contributed by atoms with Gasteiger partial charge in [-0.25, -0.2) is 13.4 Å². The van der Waals surface area contributed by atoms with Crippen LogP contribution in [0.1, 0.15) is 62.9 Å². The van der Waals surface area contributed by atoms with E-state index in [1.807, 2.05) is 24.6 Å². The molecule has 0 bridgehead atoms. The first kappa shape index (κ1) is 23.5. The highest BCUT2D eigenvalue weighted by molar-refractivity contribution is 7.92. The lowest BCUT2D eigenvalue weighted by Crippen LogP contribution is -2.55. The number of nitrogens with zero attached hydrogens (tertiary/aromatic N) is 4. The fourth-order valence-electron chi connectivity index (χ4n) is 7.02. The average molecular weight is 509 g/mol. The fraction of sp³-hybridized carbons (Fsp3) is 0.680. The molecule has 2 saturated heterocycles. The molecule has 0 radical (unpaired) electrons. The number of hydrogen-bond donors (Lipinski definition) is 0. The third kappa shape index (κ3) is 4.10. The summed E-state index contributed by atoms with van der Waals surface area (Å²) < 4.78 is 64.8. The van der Waals surface area contributed by atoms with Gasteiger partial charge in [0.2, 0.25) is 0 Å². The molecule has 1 spiro atoms. The van der Waals surface area contributed by atoms with E-state index in [1.54, 1.807) is 6.07 Å². The molecule has 6 nitrogen and oxygen atoms in total. The van der Waals surface area contributed by atoms with Gasteiger partial charge in [-0.3, -0.25) is 4.68 Å². The van der Waals surface area contributed by atoms with Crippen LogP contribution in [0.4, 0.5) is 13.2 Å². The lowest BCUT2D eigenvalue weighted by atomic mass is 9.80. The summed E-state index contributed by atoms with van der Waals surface area (Å²) >= 11 is 0. The molecule has 2 aliphatic carbocycles. The minimum absolute atomic E-state index is 0.0387. The Bertz CT molecular complexity index is 1220.